The van der Waals surface area contributed by atoms with Crippen molar-refractivity contribution in [2.75, 3.05) is 37.8 Å². The van der Waals surface area contributed by atoms with E-state index in [1.807, 2.05) is 23.9 Å². The number of aromatic amines is 1. The number of nitrogens with two attached hydrogens (primary N) is 1. The Balaban J connectivity index is 2.30. The van der Waals surface area contributed by atoms with Gasteiger partial charge in [-0.1, -0.05) is 0 Å². The van der Waals surface area contributed by atoms with Crippen molar-refractivity contribution < 1.29 is 5.11 Å². The molecule has 0 amide bonds. The van der Waals surface area contributed by atoms with Gasteiger partial charge < -0.3 is 25.6 Å². The fourth-order valence-corrected chi connectivity index (χ4v) is 2.38. The summed E-state index contributed by atoms with van der Waals surface area (Å²) in [5.41, 5.74) is 5.52. The molecule has 1 aromatic rings. The molecule has 0 radical (unpaired) electrons. The van der Waals surface area contributed by atoms with Crippen LogP contribution in [0.15, 0.2) is 11.1 Å². The number of nitrogen functional groups attached to an aromatic ring is 1. The van der Waals surface area contributed by atoms with Gasteiger partial charge in [0.2, 0.25) is 0 Å². The number of anilines is 2. The fourth-order valence-electron chi connectivity index (χ4n) is 2.38. The van der Waals surface area contributed by atoms with Crippen LogP contribution in [-0.4, -0.2) is 59.3 Å². The first-order valence-corrected chi connectivity index (χ1v) is 5.91. The quantitative estimate of drug-likeness (QED) is 0.629. The van der Waals surface area contributed by atoms with Gasteiger partial charge in [0.25, 0.3) is 5.56 Å². The first-order valence-electron chi connectivity index (χ1n) is 5.91. The summed E-state index contributed by atoms with van der Waals surface area (Å²) >= 11 is 0. The molecule has 1 aliphatic rings. The molecule has 2 rings (SSSR count). The third-order valence-corrected chi connectivity index (χ3v) is 3.11. The predicted molar refractivity (Wildman–Crippen MR) is 69.6 cm³/mol. The molecular formula is C11H19N5O2. The Kier molecular flexibility index (Phi) is 3.53. The number of rotatable bonds is 3. The van der Waals surface area contributed by atoms with Gasteiger partial charge >= 0.3 is 0 Å². The van der Waals surface area contributed by atoms with Crippen molar-refractivity contribution in [2.24, 2.45) is 0 Å². The Morgan fingerprint density at radius 2 is 2.39 bits per heavy atom. The van der Waals surface area contributed by atoms with Gasteiger partial charge in [-0.25, -0.2) is 4.98 Å². The zero-order valence-electron chi connectivity index (χ0n) is 10.6. The minimum Gasteiger partial charge on any atom is -0.391 e. The molecule has 18 heavy (non-hydrogen) atoms. The number of nitrogens with zero attached hydrogens (tertiary/aromatic N) is 3. The van der Waals surface area contributed by atoms with E-state index in [2.05, 4.69) is 9.97 Å². The molecule has 2 atom stereocenters. The Labute approximate surface area is 105 Å². The zero-order chi connectivity index (χ0) is 13.3. The number of aliphatic hydroxyl groups is 1. The number of aliphatic hydroxyl groups excluding tert-OH is 1. The fraction of sp³-hybridized carbons (Fsp3) is 0.636. The summed E-state index contributed by atoms with van der Waals surface area (Å²) in [6.45, 7) is 1.24. The van der Waals surface area contributed by atoms with Crippen LogP contribution in [0.1, 0.15) is 6.42 Å². The third kappa shape index (κ3) is 2.46. The number of hydrogen-bond donors (Lipinski definition) is 3. The summed E-state index contributed by atoms with van der Waals surface area (Å²) in [6, 6.07) is 0.117. The number of H-pyrrole nitrogens is 1. The van der Waals surface area contributed by atoms with E-state index in [0.29, 0.717) is 18.8 Å². The lowest BCUT2D eigenvalue weighted by Gasteiger charge is -2.28. The molecule has 1 fully saturated rings. The minimum absolute atomic E-state index is 0.107. The summed E-state index contributed by atoms with van der Waals surface area (Å²) < 4.78 is 0. The molecule has 100 valence electrons. The molecule has 0 aliphatic carbocycles. The van der Waals surface area contributed by atoms with Crippen molar-refractivity contribution in [3.8, 4) is 0 Å². The number of hydrogen-bond acceptors (Lipinski definition) is 6. The average Bonchev–Trinajstić information content (AvgIpc) is 2.62. The van der Waals surface area contributed by atoms with Gasteiger partial charge in [-0.05, 0) is 20.5 Å². The second-order valence-electron chi connectivity index (χ2n) is 4.93. The van der Waals surface area contributed by atoms with Crippen LogP contribution in [0.5, 0.6) is 0 Å². The molecule has 1 aromatic heterocycles. The average molecular weight is 253 g/mol. The van der Waals surface area contributed by atoms with Gasteiger partial charge in [0.15, 0.2) is 5.82 Å². The van der Waals surface area contributed by atoms with Crippen LogP contribution in [0.3, 0.4) is 0 Å². The molecule has 0 saturated carbocycles. The molecule has 0 spiro atoms. The summed E-state index contributed by atoms with van der Waals surface area (Å²) in [7, 11) is 3.94. The molecule has 1 saturated heterocycles. The maximum absolute atomic E-state index is 11.5. The summed E-state index contributed by atoms with van der Waals surface area (Å²) in [6.07, 6.45) is 1.59. The molecule has 4 N–H and O–H groups in total. The highest BCUT2D eigenvalue weighted by molar-refractivity contribution is 5.62. The molecule has 2 unspecified atom stereocenters. The molecule has 7 nitrogen and oxygen atoms in total. The predicted octanol–water partition coefficient (Wildman–Crippen LogP) is -1.15. The SMILES string of the molecule is CN(C)CC1CC(O)CN1c1nc[nH]c(=O)c1N. The molecule has 7 heteroatoms. The van der Waals surface area contributed by atoms with Crippen LogP contribution in [0.25, 0.3) is 0 Å². The zero-order valence-corrected chi connectivity index (χ0v) is 10.6. The number of likely N-dealkylation sites (N-methyl/N-ethyl adjacent to an activating group) is 1. The van der Waals surface area contributed by atoms with Gasteiger partial charge in [-0.2, -0.15) is 0 Å². The van der Waals surface area contributed by atoms with E-state index in [4.69, 9.17) is 5.73 Å². The number of nitrogens with one attached hydrogen (secondary N) is 1. The highest BCUT2D eigenvalue weighted by Gasteiger charge is 2.33. The lowest BCUT2D eigenvalue weighted by Crippen LogP contribution is -2.39. The van der Waals surface area contributed by atoms with Crippen LogP contribution >= 0.6 is 0 Å². The maximum atomic E-state index is 11.5. The van der Waals surface area contributed by atoms with Crippen molar-refractivity contribution in [3.05, 3.63) is 16.7 Å². The van der Waals surface area contributed by atoms with Gasteiger partial charge in [-0.15, -0.1) is 0 Å². The molecule has 2 heterocycles. The largest absolute Gasteiger partial charge is 0.391 e. The van der Waals surface area contributed by atoms with Crippen molar-refractivity contribution in [1.29, 1.82) is 0 Å². The van der Waals surface area contributed by atoms with E-state index in [9.17, 15) is 9.90 Å². The van der Waals surface area contributed by atoms with Crippen LogP contribution in [0.4, 0.5) is 11.5 Å². The highest BCUT2D eigenvalue weighted by Crippen LogP contribution is 2.26. The smallest absolute Gasteiger partial charge is 0.276 e. The first kappa shape index (κ1) is 12.8. The summed E-state index contributed by atoms with van der Waals surface area (Å²) in [5, 5.41) is 9.79. The molecule has 0 aromatic carbocycles. The lowest BCUT2D eigenvalue weighted by molar-refractivity contribution is 0.191. The normalized spacial score (nSPS) is 23.9. The topological polar surface area (TPSA) is 98.5 Å². The minimum atomic E-state index is -0.407. The van der Waals surface area contributed by atoms with Gasteiger partial charge in [0.1, 0.15) is 5.69 Å². The van der Waals surface area contributed by atoms with Crippen LogP contribution < -0.4 is 16.2 Å². The summed E-state index contributed by atoms with van der Waals surface area (Å²) in [4.78, 5) is 22.0. The lowest BCUT2D eigenvalue weighted by atomic mass is 10.2. The van der Waals surface area contributed by atoms with Gasteiger partial charge in [0.05, 0.1) is 12.4 Å². The Morgan fingerprint density at radius 1 is 1.67 bits per heavy atom. The Morgan fingerprint density at radius 3 is 3.06 bits per heavy atom. The molecular weight excluding hydrogens is 234 g/mol. The van der Waals surface area contributed by atoms with Crippen molar-refractivity contribution >= 4 is 11.5 Å². The number of aromatic nitrogens is 2. The van der Waals surface area contributed by atoms with Crippen LogP contribution in [0.2, 0.25) is 0 Å². The standard InChI is InChI=1S/C11H19N5O2/c1-15(2)4-7-3-8(17)5-16(7)10-9(12)11(18)14-6-13-10/h6-8,17H,3-5,12H2,1-2H3,(H,13,14,18). The first-order chi connectivity index (χ1) is 8.49. The van der Waals surface area contributed by atoms with E-state index in [-0.39, 0.29) is 17.3 Å². The third-order valence-electron chi connectivity index (χ3n) is 3.11. The number of β-amino-alcohol motifs (C(OH)–C–C–N with tert-alkyl or cyclic N) is 1. The van der Waals surface area contributed by atoms with E-state index >= 15 is 0 Å². The van der Waals surface area contributed by atoms with Crippen LogP contribution in [-0.2, 0) is 0 Å². The highest BCUT2D eigenvalue weighted by atomic mass is 16.3. The van der Waals surface area contributed by atoms with Crippen molar-refractivity contribution in [3.63, 3.8) is 0 Å². The second kappa shape index (κ2) is 4.95. The van der Waals surface area contributed by atoms with E-state index < -0.39 is 6.10 Å². The van der Waals surface area contributed by atoms with E-state index in [1.165, 1.54) is 6.33 Å². The van der Waals surface area contributed by atoms with Gasteiger partial charge in [0, 0.05) is 19.1 Å². The maximum Gasteiger partial charge on any atom is 0.276 e. The molecule has 1 aliphatic heterocycles. The van der Waals surface area contributed by atoms with Crippen LogP contribution in [0, 0.1) is 0 Å². The van der Waals surface area contributed by atoms with E-state index in [1.54, 1.807) is 0 Å². The van der Waals surface area contributed by atoms with Gasteiger partial charge in [-0.3, -0.25) is 4.79 Å². The monoisotopic (exact) mass is 253 g/mol. The second-order valence-corrected chi connectivity index (χ2v) is 4.93. The van der Waals surface area contributed by atoms with Crippen molar-refractivity contribution in [1.82, 2.24) is 14.9 Å². The molecule has 0 bridgehead atoms. The van der Waals surface area contributed by atoms with Crippen molar-refractivity contribution in [2.45, 2.75) is 18.6 Å². The Bertz CT molecular complexity index is 473. The van der Waals surface area contributed by atoms with E-state index in [0.717, 1.165) is 6.54 Å². The Hall–Kier alpha value is -1.60. The summed E-state index contributed by atoms with van der Waals surface area (Å²) in [5.74, 6) is 0.460.